The monoisotopic (exact) mass is 797 g/mol. The van der Waals surface area contributed by atoms with Crippen molar-refractivity contribution >= 4 is 53.2 Å². The van der Waals surface area contributed by atoms with Crippen LogP contribution in [0, 0.1) is 11.3 Å². The Hall–Kier alpha value is -5.68. The van der Waals surface area contributed by atoms with Gasteiger partial charge >= 0.3 is 11.9 Å². The van der Waals surface area contributed by atoms with E-state index in [0.717, 1.165) is 36.4 Å². The van der Waals surface area contributed by atoms with E-state index >= 15 is 0 Å². The Bertz CT molecular complexity index is 1720. The molecule has 18 nitrogen and oxygen atoms in total. The van der Waals surface area contributed by atoms with Crippen LogP contribution in [-0.2, 0) is 49.5 Å². The molecule has 1 aromatic heterocycles. The number of hydrogen-bond donors (Lipinski definition) is 6. The molecule has 2 heterocycles. The molecule has 1 saturated heterocycles. The maximum atomic E-state index is 14.4. The fraction of sp³-hybridized carbons (Fsp3) is 0.590. The van der Waals surface area contributed by atoms with Crippen molar-refractivity contribution in [2.24, 2.45) is 11.3 Å². The number of Topliss-reactive ketones (excluding diaryl/α,β-unsaturated/α-hetero) is 1. The molecule has 3 rings (SSSR count). The van der Waals surface area contributed by atoms with Crippen molar-refractivity contribution in [3.8, 4) is 0 Å². The van der Waals surface area contributed by atoms with Crippen LogP contribution >= 0.6 is 0 Å². The second-order valence-electron chi connectivity index (χ2n) is 15.4. The zero-order valence-electron chi connectivity index (χ0n) is 33.3. The molecule has 312 valence electrons. The maximum absolute atomic E-state index is 14.4. The first-order valence-electron chi connectivity index (χ1n) is 19.0. The fourth-order valence-electron chi connectivity index (χ4n) is 6.82. The van der Waals surface area contributed by atoms with E-state index in [0.29, 0.717) is 12.8 Å². The van der Waals surface area contributed by atoms with E-state index < -0.39 is 95.3 Å². The van der Waals surface area contributed by atoms with Crippen LogP contribution in [0.3, 0.4) is 0 Å². The molecule has 18 heteroatoms. The van der Waals surface area contributed by atoms with Crippen molar-refractivity contribution in [3.05, 3.63) is 41.7 Å². The number of esters is 1. The van der Waals surface area contributed by atoms with E-state index in [-0.39, 0.29) is 42.7 Å². The Morgan fingerprint density at radius 1 is 0.965 bits per heavy atom. The Labute approximate surface area is 331 Å². The number of hydrogen-bond acceptors (Lipinski definition) is 11. The molecule has 0 bridgehead atoms. The molecule has 1 aromatic rings. The van der Waals surface area contributed by atoms with E-state index in [1.54, 1.807) is 20.8 Å². The number of aromatic carboxylic acids is 1. The van der Waals surface area contributed by atoms with Gasteiger partial charge in [0.25, 0.3) is 0 Å². The van der Waals surface area contributed by atoms with Crippen LogP contribution < -0.4 is 26.6 Å². The number of rotatable bonds is 17. The van der Waals surface area contributed by atoms with Gasteiger partial charge in [-0.2, -0.15) is 0 Å². The van der Waals surface area contributed by atoms with E-state index in [2.05, 4.69) is 36.3 Å². The minimum atomic E-state index is -1.31. The third-order valence-corrected chi connectivity index (χ3v) is 9.96. The lowest BCUT2D eigenvalue weighted by Gasteiger charge is -2.36. The van der Waals surface area contributed by atoms with Crippen LogP contribution in [0.4, 0.5) is 0 Å². The molecular weight excluding hydrogens is 742 g/mol. The molecule has 1 aliphatic carbocycles. The molecule has 2 fully saturated rings. The second-order valence-corrected chi connectivity index (χ2v) is 15.4. The number of carboxylic acids is 1. The largest absolute Gasteiger partial charge is 0.478 e. The summed E-state index contributed by atoms with van der Waals surface area (Å²) in [7, 11) is 2.64. The first kappa shape index (κ1) is 45.7. The van der Waals surface area contributed by atoms with Crippen molar-refractivity contribution < 1.29 is 53.0 Å². The summed E-state index contributed by atoms with van der Waals surface area (Å²) in [4.78, 5) is 122. The smallest absolute Gasteiger partial charge is 0.337 e. The third-order valence-electron chi connectivity index (χ3n) is 9.96. The normalized spacial score (nSPS) is 18.1. The highest BCUT2D eigenvalue weighted by atomic mass is 16.5. The number of carbonyl (C=O) groups is 9. The van der Waals surface area contributed by atoms with Gasteiger partial charge in [-0.05, 0) is 55.6 Å². The van der Waals surface area contributed by atoms with Gasteiger partial charge in [-0.15, -0.1) is 0 Å². The van der Waals surface area contributed by atoms with Crippen LogP contribution in [-0.4, -0.2) is 119 Å². The molecule has 0 spiro atoms. The van der Waals surface area contributed by atoms with Crippen molar-refractivity contribution in [1.29, 1.82) is 0 Å². The van der Waals surface area contributed by atoms with Crippen LogP contribution in [0.5, 0.6) is 0 Å². The van der Waals surface area contributed by atoms with Gasteiger partial charge < -0.3 is 41.3 Å². The molecule has 0 radical (unpaired) electrons. The summed E-state index contributed by atoms with van der Waals surface area (Å²) in [5, 5.41) is 22.6. The minimum absolute atomic E-state index is 0.0279. The number of pyridine rings is 1. The van der Waals surface area contributed by atoms with Crippen molar-refractivity contribution in [1.82, 2.24) is 36.5 Å². The highest BCUT2D eigenvalue weighted by Gasteiger charge is 2.46. The number of ketones is 1. The number of likely N-dealkylation sites (N-methyl/N-ethyl adjacent to an activating group) is 1. The molecular formula is C39H55N7O11. The number of aromatic nitrogens is 1. The Morgan fingerprint density at radius 2 is 1.65 bits per heavy atom. The minimum Gasteiger partial charge on any atom is -0.478 e. The average molecular weight is 798 g/mol. The van der Waals surface area contributed by atoms with Gasteiger partial charge in [0.05, 0.1) is 25.6 Å². The number of allylic oxidation sites excluding steroid dienone is 1. The van der Waals surface area contributed by atoms with Gasteiger partial charge in [-0.25, -0.2) is 9.59 Å². The predicted molar refractivity (Wildman–Crippen MR) is 204 cm³/mol. The van der Waals surface area contributed by atoms with Gasteiger partial charge in [0.1, 0.15) is 30.2 Å². The number of likely N-dealkylation sites (tertiary alicyclic amines) is 1. The van der Waals surface area contributed by atoms with Crippen molar-refractivity contribution in [2.45, 2.75) is 116 Å². The Morgan fingerprint density at radius 3 is 2.26 bits per heavy atom. The number of ether oxygens (including phenoxy) is 1. The second kappa shape index (κ2) is 21.0. The number of nitrogens with zero attached hydrogens (tertiary/aromatic N) is 2. The highest BCUT2D eigenvalue weighted by molar-refractivity contribution is 6.02. The average Bonchev–Trinajstić information content (AvgIpc) is 3.57. The highest BCUT2D eigenvalue weighted by Crippen LogP contribution is 2.29. The lowest BCUT2D eigenvalue weighted by molar-refractivity contribution is -0.145. The van der Waals surface area contributed by atoms with Crippen molar-refractivity contribution in [3.63, 3.8) is 0 Å². The van der Waals surface area contributed by atoms with Gasteiger partial charge in [-0.3, -0.25) is 38.5 Å². The molecule has 0 aromatic carbocycles. The van der Waals surface area contributed by atoms with E-state index in [9.17, 15) is 48.3 Å². The Kier molecular flexibility index (Phi) is 16.9. The van der Waals surface area contributed by atoms with Gasteiger partial charge in [0.15, 0.2) is 5.78 Å². The molecule has 2 aliphatic rings. The third kappa shape index (κ3) is 13.5. The predicted octanol–water partition coefficient (Wildman–Crippen LogP) is 0.333. The van der Waals surface area contributed by atoms with Crippen LogP contribution in [0.1, 0.15) is 95.0 Å². The molecule has 57 heavy (non-hydrogen) atoms. The number of nitrogens with one attached hydrogen (secondary N) is 5. The van der Waals surface area contributed by atoms with Crippen LogP contribution in [0.25, 0.3) is 0 Å². The fourth-order valence-corrected chi connectivity index (χ4v) is 6.82. The van der Waals surface area contributed by atoms with Gasteiger partial charge in [0.2, 0.25) is 35.4 Å². The topological polar surface area (TPSA) is 259 Å². The quantitative estimate of drug-likeness (QED) is 0.0921. The van der Waals surface area contributed by atoms with Gasteiger partial charge in [0, 0.05) is 31.9 Å². The summed E-state index contributed by atoms with van der Waals surface area (Å²) >= 11 is 0. The molecule has 6 N–H and O–H groups in total. The van der Waals surface area contributed by atoms with Gasteiger partial charge in [-0.1, -0.05) is 46.1 Å². The zero-order valence-corrected chi connectivity index (χ0v) is 33.3. The molecule has 1 saturated carbocycles. The lowest BCUT2D eigenvalue weighted by atomic mass is 9.83. The summed E-state index contributed by atoms with van der Waals surface area (Å²) < 4.78 is 4.60. The lowest BCUT2D eigenvalue weighted by Crippen LogP contribution is -2.62. The standard InChI is InChI=1S/C39H55N7O11/c1-22(33(50)40-5)42-36(53)31(24-12-8-7-9-13-24)44-35(52)28-18-26(47)21-46(28)37(54)32(39(2,3)4)45-34(51)27(14-10-11-15-30(49)57-6)43-29(48)17-23-16-25(38(55)56)20-41-19-23/h11,15-16,19-20,22,24,27-28,31-32H,7-10,12-14,17-18,21H2,1-6H3,(H,40,50)(H,42,53)(H,43,48)(H,44,52)(H,45,51)(H,55,56)/b15-11+/t22-,27-,28-,31-,32+/m0/s1. The number of methoxy groups -OCH3 is 1. The van der Waals surface area contributed by atoms with E-state index in [1.807, 2.05) is 0 Å². The number of carbonyl (C=O) groups excluding carboxylic acids is 8. The number of carboxylic acid groups (broad SMARTS) is 1. The summed E-state index contributed by atoms with van der Waals surface area (Å²) in [5.74, 6) is -6.39. The van der Waals surface area contributed by atoms with Crippen molar-refractivity contribution in [2.75, 3.05) is 20.7 Å². The first-order chi connectivity index (χ1) is 26.9. The van der Waals surface area contributed by atoms with E-state index in [1.165, 1.54) is 39.4 Å². The Balaban J connectivity index is 1.85. The summed E-state index contributed by atoms with van der Waals surface area (Å²) in [6.07, 6.45) is 8.45. The maximum Gasteiger partial charge on any atom is 0.337 e. The molecule has 5 atom stereocenters. The molecule has 1 aliphatic heterocycles. The summed E-state index contributed by atoms with van der Waals surface area (Å²) in [6, 6.07) is -4.49. The van der Waals surface area contributed by atoms with Crippen LogP contribution in [0.15, 0.2) is 30.6 Å². The summed E-state index contributed by atoms with van der Waals surface area (Å²) in [6.45, 7) is 6.12. The first-order valence-corrected chi connectivity index (χ1v) is 19.0. The summed E-state index contributed by atoms with van der Waals surface area (Å²) in [5.41, 5.74) is -0.848. The molecule has 0 unspecified atom stereocenters. The molecule has 6 amide bonds. The van der Waals surface area contributed by atoms with Crippen LogP contribution in [0.2, 0.25) is 0 Å². The van der Waals surface area contributed by atoms with E-state index in [4.69, 9.17) is 0 Å². The zero-order chi connectivity index (χ0) is 42.4. The number of amides is 6. The SMILES string of the molecule is CNC(=O)[C@H](C)NC(=O)[C@@H](NC(=O)[C@@H]1CC(=O)CN1C(=O)[C@@H](NC(=O)[C@H](CC/C=C/C(=O)OC)NC(=O)Cc1cncc(C(=O)O)c1)C(C)(C)C)C1CCCCC1.